The van der Waals surface area contributed by atoms with Gasteiger partial charge in [-0.15, -0.1) is 0 Å². The van der Waals surface area contributed by atoms with Gasteiger partial charge in [-0.1, -0.05) is 31.9 Å². The molecule has 0 amide bonds. The molecule has 0 saturated heterocycles. The fraction of sp³-hybridized carbons (Fsp3) is 0.111. The molecule has 1 heterocycles. The van der Waals surface area contributed by atoms with Gasteiger partial charge < -0.3 is 9.47 Å². The predicted octanol–water partition coefficient (Wildman–Crippen LogP) is 3.87. The average Bonchev–Trinajstić information content (AvgIpc) is 2.54. The molecule has 0 radical (unpaired) electrons. The summed E-state index contributed by atoms with van der Waals surface area (Å²) in [5.41, 5.74) is 0.733. The molecule has 0 unspecified atom stereocenters. The lowest BCUT2D eigenvalue weighted by atomic mass is 10.2. The zero-order valence-electron chi connectivity index (χ0n) is 6.84. The van der Waals surface area contributed by atoms with Crippen molar-refractivity contribution in [3.63, 3.8) is 0 Å². The van der Waals surface area contributed by atoms with Gasteiger partial charge in [0.05, 0.1) is 5.56 Å². The molecule has 1 aromatic rings. The average molecular weight is 324 g/mol. The lowest BCUT2D eigenvalue weighted by Crippen LogP contribution is -2.00. The first-order valence-corrected chi connectivity index (χ1v) is 5.37. The van der Waals surface area contributed by atoms with Gasteiger partial charge in [0.1, 0.15) is 18.3 Å². The first-order chi connectivity index (χ1) is 6.68. The highest BCUT2D eigenvalue weighted by Crippen LogP contribution is 2.36. The minimum atomic E-state index is -0.514. The topological polar surface area (TPSA) is 18.5 Å². The van der Waals surface area contributed by atoms with E-state index in [1.807, 2.05) is 0 Å². The Balaban J connectivity index is 2.41. The van der Waals surface area contributed by atoms with Crippen LogP contribution in [0.1, 0.15) is 11.9 Å². The molecule has 2 rings (SSSR count). The number of hydrogen-bond acceptors (Lipinski definition) is 2. The molecule has 0 N–H and O–H groups in total. The first kappa shape index (κ1) is 9.98. The third-order valence-electron chi connectivity index (χ3n) is 1.74. The van der Waals surface area contributed by atoms with E-state index in [0.717, 1.165) is 5.56 Å². The number of ether oxygens (including phenoxy) is 2. The lowest BCUT2D eigenvalue weighted by Gasteiger charge is -2.14. The van der Waals surface area contributed by atoms with E-state index in [1.165, 1.54) is 24.7 Å². The van der Waals surface area contributed by atoms with Gasteiger partial charge >= 0.3 is 0 Å². The van der Waals surface area contributed by atoms with Crippen molar-refractivity contribution >= 4 is 31.9 Å². The molecule has 0 atom stereocenters. The van der Waals surface area contributed by atoms with Crippen LogP contribution in [0, 0.1) is 5.82 Å². The highest BCUT2D eigenvalue weighted by atomic mass is 79.9. The van der Waals surface area contributed by atoms with Gasteiger partial charge in [0.15, 0.2) is 0 Å². The molecule has 1 aliphatic rings. The van der Waals surface area contributed by atoms with Crippen molar-refractivity contribution in [3.05, 3.63) is 45.0 Å². The molecule has 1 aromatic carbocycles. The van der Waals surface area contributed by atoms with Crippen LogP contribution in [0.5, 0.6) is 0 Å². The Bertz CT molecular complexity index is 361. The van der Waals surface area contributed by atoms with E-state index >= 15 is 0 Å². The van der Waals surface area contributed by atoms with Gasteiger partial charge in [-0.05, 0) is 12.1 Å². The second-order valence-electron chi connectivity index (χ2n) is 2.66. The lowest BCUT2D eigenvalue weighted by molar-refractivity contribution is -0.0257. The summed E-state index contributed by atoms with van der Waals surface area (Å²) in [7, 11) is 0. The highest BCUT2D eigenvalue weighted by Gasteiger charge is 2.22. The van der Waals surface area contributed by atoms with Crippen molar-refractivity contribution in [2.45, 2.75) is 6.29 Å². The van der Waals surface area contributed by atoms with Crippen LogP contribution in [-0.2, 0) is 9.47 Å². The molecule has 2 nitrogen and oxygen atoms in total. The third-order valence-corrected chi connectivity index (χ3v) is 3.05. The van der Waals surface area contributed by atoms with Gasteiger partial charge in [0.25, 0.3) is 6.29 Å². The van der Waals surface area contributed by atoms with Crippen LogP contribution >= 0.6 is 31.9 Å². The fourth-order valence-corrected chi connectivity index (χ4v) is 2.66. The summed E-state index contributed by atoms with van der Waals surface area (Å²) in [6.45, 7) is 0. The monoisotopic (exact) mass is 322 g/mol. The Kier molecular flexibility index (Phi) is 2.78. The molecule has 0 saturated carbocycles. The van der Waals surface area contributed by atoms with Crippen LogP contribution in [0.3, 0.4) is 0 Å². The van der Waals surface area contributed by atoms with Crippen molar-refractivity contribution in [1.29, 1.82) is 0 Å². The number of rotatable bonds is 1. The molecule has 0 fully saturated rings. The number of halogens is 3. The van der Waals surface area contributed by atoms with Crippen LogP contribution < -0.4 is 0 Å². The molecule has 0 aliphatic carbocycles. The summed E-state index contributed by atoms with van der Waals surface area (Å²) >= 11 is 6.50. The molecule has 1 aliphatic heterocycles. The zero-order chi connectivity index (χ0) is 10.1. The summed E-state index contributed by atoms with van der Waals surface area (Å²) in [6, 6.07) is 2.73. The van der Waals surface area contributed by atoms with Gasteiger partial charge in [-0.3, -0.25) is 0 Å². The third kappa shape index (κ3) is 1.79. The molecule has 5 heteroatoms. The fourth-order valence-electron chi connectivity index (χ4n) is 1.15. The van der Waals surface area contributed by atoms with Crippen molar-refractivity contribution in [2.24, 2.45) is 0 Å². The largest absolute Gasteiger partial charge is 0.455 e. The molecular formula is C9H5Br2FO2. The van der Waals surface area contributed by atoms with E-state index in [9.17, 15) is 4.39 Å². The van der Waals surface area contributed by atoms with Crippen LogP contribution in [-0.4, -0.2) is 0 Å². The molecule has 74 valence electrons. The van der Waals surface area contributed by atoms with Crippen LogP contribution in [0.25, 0.3) is 0 Å². The van der Waals surface area contributed by atoms with Crippen molar-refractivity contribution < 1.29 is 13.9 Å². The summed E-state index contributed by atoms with van der Waals surface area (Å²) in [5.74, 6) is -0.321. The van der Waals surface area contributed by atoms with Gasteiger partial charge in [0, 0.05) is 8.95 Å². The van der Waals surface area contributed by atoms with Gasteiger partial charge in [-0.2, -0.15) is 0 Å². The maximum atomic E-state index is 12.9. The standard InChI is InChI=1S/C9H5Br2FO2/c10-6-3-5(12)4-7(11)8(6)9-13-1-2-14-9/h1-4,9H. The summed E-state index contributed by atoms with van der Waals surface area (Å²) in [4.78, 5) is 0. The first-order valence-electron chi connectivity index (χ1n) is 3.79. The van der Waals surface area contributed by atoms with Gasteiger partial charge in [-0.25, -0.2) is 4.39 Å². The van der Waals surface area contributed by atoms with E-state index in [0.29, 0.717) is 8.95 Å². The van der Waals surface area contributed by atoms with Crippen LogP contribution in [0.2, 0.25) is 0 Å². The second kappa shape index (κ2) is 3.90. The minimum Gasteiger partial charge on any atom is -0.455 e. The van der Waals surface area contributed by atoms with Crippen molar-refractivity contribution in [2.75, 3.05) is 0 Å². The summed E-state index contributed by atoms with van der Waals surface area (Å²) in [5, 5.41) is 0. The van der Waals surface area contributed by atoms with E-state index in [-0.39, 0.29) is 5.82 Å². The van der Waals surface area contributed by atoms with Crippen LogP contribution in [0.4, 0.5) is 4.39 Å². The van der Waals surface area contributed by atoms with Crippen molar-refractivity contribution in [1.82, 2.24) is 0 Å². The normalized spacial score (nSPS) is 15.4. The quantitative estimate of drug-likeness (QED) is 0.781. The molecule has 0 aromatic heterocycles. The highest BCUT2D eigenvalue weighted by molar-refractivity contribution is 9.11. The molecule has 14 heavy (non-hydrogen) atoms. The van der Waals surface area contributed by atoms with E-state index in [1.54, 1.807) is 0 Å². The Morgan fingerprint density at radius 3 is 2.07 bits per heavy atom. The zero-order valence-corrected chi connectivity index (χ0v) is 10.0. The number of hydrogen-bond donors (Lipinski definition) is 0. The predicted molar refractivity (Wildman–Crippen MR) is 55.9 cm³/mol. The van der Waals surface area contributed by atoms with E-state index < -0.39 is 6.29 Å². The Morgan fingerprint density at radius 2 is 1.57 bits per heavy atom. The molecule has 0 spiro atoms. The van der Waals surface area contributed by atoms with E-state index in [2.05, 4.69) is 31.9 Å². The van der Waals surface area contributed by atoms with E-state index in [4.69, 9.17) is 9.47 Å². The van der Waals surface area contributed by atoms with Crippen LogP contribution in [0.15, 0.2) is 33.6 Å². The van der Waals surface area contributed by atoms with Crippen molar-refractivity contribution in [3.8, 4) is 0 Å². The molecule has 0 bridgehead atoms. The SMILES string of the molecule is Fc1cc(Br)c(C2OC=CO2)c(Br)c1. The Labute approximate surface area is 97.0 Å². The maximum absolute atomic E-state index is 12.9. The number of benzene rings is 1. The Morgan fingerprint density at radius 1 is 1.07 bits per heavy atom. The summed E-state index contributed by atoms with van der Waals surface area (Å²) < 4.78 is 24.5. The molecular weight excluding hydrogens is 319 g/mol. The second-order valence-corrected chi connectivity index (χ2v) is 4.37. The Hall–Kier alpha value is -0.550. The maximum Gasteiger partial charge on any atom is 0.268 e. The summed E-state index contributed by atoms with van der Waals surface area (Å²) in [6.07, 6.45) is 2.39. The minimum absolute atomic E-state index is 0.321. The smallest absolute Gasteiger partial charge is 0.268 e. The van der Waals surface area contributed by atoms with Gasteiger partial charge in [0.2, 0.25) is 0 Å².